The molecular formula is C77H146O17P2. The van der Waals surface area contributed by atoms with Crippen LogP contribution < -0.4 is 0 Å². The van der Waals surface area contributed by atoms with E-state index in [2.05, 4.69) is 72.8 Å². The van der Waals surface area contributed by atoms with Gasteiger partial charge in [-0.1, -0.05) is 317 Å². The van der Waals surface area contributed by atoms with Crippen molar-refractivity contribution < 1.29 is 80.2 Å². The zero-order valence-electron chi connectivity index (χ0n) is 62.3. The number of phosphoric ester groups is 2. The number of ether oxygens (including phenoxy) is 4. The van der Waals surface area contributed by atoms with Gasteiger partial charge in [-0.15, -0.1) is 0 Å². The van der Waals surface area contributed by atoms with Crippen molar-refractivity contribution in [3.8, 4) is 0 Å². The van der Waals surface area contributed by atoms with Crippen LogP contribution in [0.3, 0.4) is 0 Å². The van der Waals surface area contributed by atoms with Crippen LogP contribution in [0.1, 0.15) is 370 Å². The van der Waals surface area contributed by atoms with E-state index in [9.17, 15) is 43.2 Å². The molecule has 0 bridgehead atoms. The number of esters is 4. The van der Waals surface area contributed by atoms with Crippen molar-refractivity contribution >= 4 is 39.5 Å². The zero-order valence-corrected chi connectivity index (χ0v) is 64.1. The Morgan fingerprint density at radius 2 is 0.615 bits per heavy atom. The number of carbonyl (C=O) groups excluding carboxylic acids is 4. The van der Waals surface area contributed by atoms with Gasteiger partial charge in [0.1, 0.15) is 19.3 Å². The van der Waals surface area contributed by atoms with E-state index in [-0.39, 0.29) is 25.7 Å². The first kappa shape index (κ1) is 93.5. The van der Waals surface area contributed by atoms with Crippen LogP contribution in [0.4, 0.5) is 0 Å². The number of aliphatic hydroxyl groups is 1. The number of rotatable bonds is 73. The molecule has 0 heterocycles. The maximum absolute atomic E-state index is 13.1. The summed E-state index contributed by atoms with van der Waals surface area (Å²) < 4.78 is 68.4. The van der Waals surface area contributed by atoms with Crippen LogP contribution in [0.5, 0.6) is 0 Å². The lowest BCUT2D eigenvalue weighted by Crippen LogP contribution is -2.30. The quantitative estimate of drug-likeness (QED) is 0.0169. The molecule has 0 saturated carbocycles. The predicted molar refractivity (Wildman–Crippen MR) is 390 cm³/mol. The third kappa shape index (κ3) is 67.4. The Kier molecular flexibility index (Phi) is 65.3. The molecular weight excluding hydrogens is 1260 g/mol. The fourth-order valence-electron chi connectivity index (χ4n) is 11.2. The topological polar surface area (TPSA) is 237 Å². The molecule has 3 N–H and O–H groups in total. The minimum atomic E-state index is -4.96. The van der Waals surface area contributed by atoms with Gasteiger partial charge in [0.15, 0.2) is 12.2 Å². The number of aliphatic hydroxyl groups excluding tert-OH is 1. The summed E-state index contributed by atoms with van der Waals surface area (Å²) in [7, 11) is -9.92. The minimum absolute atomic E-state index is 0.0838. The summed E-state index contributed by atoms with van der Waals surface area (Å²) in [5, 5.41) is 10.6. The van der Waals surface area contributed by atoms with Gasteiger partial charge in [0, 0.05) is 25.7 Å². The van der Waals surface area contributed by atoms with E-state index in [0.29, 0.717) is 31.6 Å². The van der Waals surface area contributed by atoms with Crippen LogP contribution in [0.25, 0.3) is 0 Å². The third-order valence-electron chi connectivity index (χ3n) is 18.0. The van der Waals surface area contributed by atoms with Crippen molar-refractivity contribution in [2.24, 2.45) is 17.8 Å². The highest BCUT2D eigenvalue weighted by atomic mass is 31.2. The number of allylic oxidation sites excluding steroid dienone is 4. The van der Waals surface area contributed by atoms with Crippen molar-refractivity contribution in [1.29, 1.82) is 0 Å². The second-order valence-corrected chi connectivity index (χ2v) is 30.9. The maximum atomic E-state index is 13.1. The number of phosphoric acid groups is 2. The van der Waals surface area contributed by atoms with E-state index in [4.69, 9.17) is 37.0 Å². The van der Waals surface area contributed by atoms with E-state index in [0.717, 1.165) is 127 Å². The SMILES string of the molecule is CCCCCC/C=C\C=C/CCCCCCCC(=O)O[C@H](COC(=O)CCCCCCCCC(C)CC)COP(=O)(O)OC[C@@H](O)COP(=O)(O)OC[C@@H](COC(=O)CCCCCCCCC(C)C)OC(=O)CCCCCCCCCCCCCCCCCCCCC(C)CC. The van der Waals surface area contributed by atoms with Gasteiger partial charge in [0.05, 0.1) is 26.4 Å². The molecule has 0 radical (unpaired) electrons. The normalized spacial score (nSPS) is 14.8. The van der Waals surface area contributed by atoms with Crippen molar-refractivity contribution in [3.05, 3.63) is 24.3 Å². The monoisotopic (exact) mass is 1410 g/mol. The van der Waals surface area contributed by atoms with E-state index < -0.39 is 97.5 Å². The molecule has 0 aliphatic carbocycles. The molecule has 0 rings (SSSR count). The molecule has 0 fully saturated rings. The van der Waals surface area contributed by atoms with Crippen LogP contribution in [0.2, 0.25) is 0 Å². The molecule has 19 heteroatoms. The number of hydrogen-bond acceptors (Lipinski definition) is 15. The third-order valence-corrected chi connectivity index (χ3v) is 19.9. The maximum Gasteiger partial charge on any atom is 0.472 e. The molecule has 4 unspecified atom stereocenters. The molecule has 0 aliphatic rings. The van der Waals surface area contributed by atoms with Gasteiger partial charge < -0.3 is 33.8 Å². The van der Waals surface area contributed by atoms with Crippen LogP contribution in [-0.2, 0) is 65.4 Å². The predicted octanol–water partition coefficient (Wildman–Crippen LogP) is 22.1. The van der Waals surface area contributed by atoms with Gasteiger partial charge in [-0.05, 0) is 69.1 Å². The van der Waals surface area contributed by atoms with Crippen LogP contribution in [-0.4, -0.2) is 96.7 Å². The van der Waals surface area contributed by atoms with Gasteiger partial charge in [-0.3, -0.25) is 37.3 Å². The smallest absolute Gasteiger partial charge is 0.462 e. The Morgan fingerprint density at radius 1 is 0.344 bits per heavy atom. The lowest BCUT2D eigenvalue weighted by Gasteiger charge is -2.21. The van der Waals surface area contributed by atoms with Crippen LogP contribution in [0.15, 0.2) is 24.3 Å². The molecule has 0 saturated heterocycles. The Bertz CT molecular complexity index is 1970. The van der Waals surface area contributed by atoms with Gasteiger partial charge in [0.25, 0.3) is 0 Å². The van der Waals surface area contributed by atoms with Gasteiger partial charge >= 0.3 is 39.5 Å². The van der Waals surface area contributed by atoms with Crippen molar-refractivity contribution in [2.75, 3.05) is 39.6 Å². The van der Waals surface area contributed by atoms with E-state index in [1.807, 2.05) is 0 Å². The number of hydrogen-bond donors (Lipinski definition) is 3. The fraction of sp³-hybridized carbons (Fsp3) is 0.896. The Morgan fingerprint density at radius 3 is 0.927 bits per heavy atom. The summed E-state index contributed by atoms with van der Waals surface area (Å²) in [5.41, 5.74) is 0. The lowest BCUT2D eigenvalue weighted by atomic mass is 9.99. The molecule has 0 aromatic rings. The van der Waals surface area contributed by atoms with Gasteiger partial charge in [-0.25, -0.2) is 9.13 Å². The summed E-state index contributed by atoms with van der Waals surface area (Å²) in [5.74, 6) is 0.122. The highest BCUT2D eigenvalue weighted by Gasteiger charge is 2.30. The number of carbonyl (C=O) groups is 4. The Labute approximate surface area is 586 Å². The molecule has 566 valence electrons. The Hall–Kier alpha value is -2.46. The largest absolute Gasteiger partial charge is 0.472 e. The highest BCUT2D eigenvalue weighted by Crippen LogP contribution is 2.45. The highest BCUT2D eigenvalue weighted by molar-refractivity contribution is 7.47. The summed E-state index contributed by atoms with van der Waals surface area (Å²) in [6.07, 6.45) is 56.6. The summed E-state index contributed by atoms with van der Waals surface area (Å²) >= 11 is 0. The molecule has 17 nitrogen and oxygen atoms in total. The lowest BCUT2D eigenvalue weighted by molar-refractivity contribution is -0.161. The van der Waals surface area contributed by atoms with Crippen molar-refractivity contribution in [2.45, 2.75) is 388 Å². The minimum Gasteiger partial charge on any atom is -0.462 e. The summed E-state index contributed by atoms with van der Waals surface area (Å²) in [6.45, 7) is 11.8. The first-order valence-electron chi connectivity index (χ1n) is 39.2. The molecule has 0 aromatic carbocycles. The van der Waals surface area contributed by atoms with Crippen LogP contribution >= 0.6 is 15.6 Å². The van der Waals surface area contributed by atoms with E-state index in [1.165, 1.54) is 154 Å². The molecule has 0 spiro atoms. The van der Waals surface area contributed by atoms with Crippen LogP contribution in [0, 0.1) is 17.8 Å². The van der Waals surface area contributed by atoms with Gasteiger partial charge in [0.2, 0.25) is 0 Å². The molecule has 0 aromatic heterocycles. The zero-order chi connectivity index (χ0) is 70.9. The molecule has 0 amide bonds. The average molecular weight is 1410 g/mol. The van der Waals surface area contributed by atoms with Crippen molar-refractivity contribution in [3.63, 3.8) is 0 Å². The fourth-order valence-corrected chi connectivity index (χ4v) is 12.8. The van der Waals surface area contributed by atoms with E-state index in [1.54, 1.807) is 0 Å². The first-order valence-corrected chi connectivity index (χ1v) is 42.2. The number of unbranched alkanes of at least 4 members (excludes halogenated alkanes) is 36. The molecule has 96 heavy (non-hydrogen) atoms. The summed E-state index contributed by atoms with van der Waals surface area (Å²) in [4.78, 5) is 72.7. The first-order chi connectivity index (χ1) is 46.3. The molecule has 7 atom stereocenters. The Balaban J connectivity index is 5.18. The average Bonchev–Trinajstić information content (AvgIpc) is 1.10. The standard InChI is InChI=1S/C77H146O17P2/c1-8-11-12-13-14-15-16-17-22-26-29-32-35-46-53-60-77(82)94-73(65-88-75(80)59-52-45-40-38-43-50-57-70(7)10-3)67-92-96(85,86)90-63-71(78)62-89-95(83,84)91-66-72(64-87-74(79)58-51-44-39-37-41-48-55-68(4)5)93-76(81)61-54-47-36-33-30-27-24-21-19-18-20-23-25-28-31-34-42-49-56-69(6)9-2/h15-17,22,68-73,78H,8-14,18-21,23-67H2,1-7H3,(H,83,84)(H,85,86)/b16-15-,22-17-/t69?,70?,71-,72+,73+/m0/s1. The molecule has 0 aliphatic heterocycles. The van der Waals surface area contributed by atoms with E-state index >= 15 is 0 Å². The van der Waals surface area contributed by atoms with Gasteiger partial charge in [-0.2, -0.15) is 0 Å². The van der Waals surface area contributed by atoms with Crippen molar-refractivity contribution in [1.82, 2.24) is 0 Å². The second-order valence-electron chi connectivity index (χ2n) is 28.0. The summed E-state index contributed by atoms with van der Waals surface area (Å²) in [6, 6.07) is 0. The second kappa shape index (κ2) is 67.1.